The lowest BCUT2D eigenvalue weighted by molar-refractivity contribution is 0.0949. The van der Waals surface area contributed by atoms with Gasteiger partial charge in [-0.3, -0.25) is 4.79 Å². The first-order chi connectivity index (χ1) is 11.6. The molecule has 1 fully saturated rings. The maximum absolute atomic E-state index is 12.6. The molecule has 1 aliphatic heterocycles. The van der Waals surface area contributed by atoms with E-state index < -0.39 is 0 Å². The van der Waals surface area contributed by atoms with Gasteiger partial charge in [-0.15, -0.1) is 0 Å². The lowest BCUT2D eigenvalue weighted by Crippen LogP contribution is -2.37. The maximum atomic E-state index is 12.6. The maximum Gasteiger partial charge on any atom is 0.253 e. The molecule has 4 nitrogen and oxygen atoms in total. The third-order valence-electron chi connectivity index (χ3n) is 5.07. The minimum atomic E-state index is 0.0308. The van der Waals surface area contributed by atoms with E-state index >= 15 is 0 Å². The number of benzene rings is 1. The monoisotopic (exact) mass is 325 g/mol. The summed E-state index contributed by atoms with van der Waals surface area (Å²) in [5, 5.41) is 6.50. The first-order valence-electron chi connectivity index (χ1n) is 8.83. The standard InChI is InChI=1S/C20H27N3O/c1-14-12-19(20(24)22-13-18-10-7-11-21-18)16(3)23(14)15(2)17-8-5-4-6-9-17/h4-6,8-9,12,15,18,21H,7,10-11,13H2,1-3H3,(H,22,24). The zero-order chi connectivity index (χ0) is 17.1. The second-order valence-electron chi connectivity index (χ2n) is 6.74. The average molecular weight is 325 g/mol. The fourth-order valence-electron chi connectivity index (χ4n) is 3.73. The number of rotatable bonds is 5. The summed E-state index contributed by atoms with van der Waals surface area (Å²) in [5.74, 6) is 0.0308. The molecule has 1 aromatic heterocycles. The van der Waals surface area contributed by atoms with Crippen molar-refractivity contribution in [1.82, 2.24) is 15.2 Å². The molecule has 0 bridgehead atoms. The second kappa shape index (κ2) is 7.22. The van der Waals surface area contributed by atoms with E-state index in [1.165, 1.54) is 12.0 Å². The van der Waals surface area contributed by atoms with Crippen LogP contribution in [0.4, 0.5) is 0 Å². The molecule has 0 aliphatic carbocycles. The fourth-order valence-corrected chi connectivity index (χ4v) is 3.73. The van der Waals surface area contributed by atoms with Gasteiger partial charge in [0.15, 0.2) is 0 Å². The third kappa shape index (κ3) is 3.39. The van der Waals surface area contributed by atoms with E-state index in [0.29, 0.717) is 12.6 Å². The quantitative estimate of drug-likeness (QED) is 0.887. The predicted molar refractivity (Wildman–Crippen MR) is 97.5 cm³/mol. The van der Waals surface area contributed by atoms with Gasteiger partial charge in [-0.05, 0) is 51.8 Å². The van der Waals surface area contributed by atoms with Crippen LogP contribution < -0.4 is 10.6 Å². The van der Waals surface area contributed by atoms with Crippen molar-refractivity contribution in [2.24, 2.45) is 0 Å². The van der Waals surface area contributed by atoms with Crippen molar-refractivity contribution in [3.63, 3.8) is 0 Å². The second-order valence-corrected chi connectivity index (χ2v) is 6.74. The molecule has 2 unspecified atom stereocenters. The molecule has 2 atom stereocenters. The molecule has 0 radical (unpaired) electrons. The van der Waals surface area contributed by atoms with Gasteiger partial charge in [0.25, 0.3) is 5.91 Å². The van der Waals surface area contributed by atoms with Crippen molar-refractivity contribution in [3.05, 3.63) is 58.9 Å². The van der Waals surface area contributed by atoms with Crippen molar-refractivity contribution in [2.75, 3.05) is 13.1 Å². The first kappa shape index (κ1) is 16.8. The SMILES string of the molecule is Cc1cc(C(=O)NCC2CCCN2)c(C)n1C(C)c1ccccc1. The summed E-state index contributed by atoms with van der Waals surface area (Å²) in [6.45, 7) is 8.05. The number of carbonyl (C=O) groups excluding carboxylic acids is 1. The van der Waals surface area contributed by atoms with Crippen molar-refractivity contribution < 1.29 is 4.79 Å². The summed E-state index contributed by atoms with van der Waals surface area (Å²) >= 11 is 0. The molecule has 2 aromatic rings. The van der Waals surface area contributed by atoms with Gasteiger partial charge in [0.2, 0.25) is 0 Å². The summed E-state index contributed by atoms with van der Waals surface area (Å²) in [6, 6.07) is 13.0. The Morgan fingerprint density at radius 1 is 1.33 bits per heavy atom. The van der Waals surface area contributed by atoms with Gasteiger partial charge in [0.1, 0.15) is 0 Å². The van der Waals surface area contributed by atoms with E-state index in [1.807, 2.05) is 19.1 Å². The van der Waals surface area contributed by atoms with Crippen molar-refractivity contribution in [3.8, 4) is 0 Å². The molecule has 1 amide bonds. The molecule has 2 N–H and O–H groups in total. The van der Waals surface area contributed by atoms with Gasteiger partial charge < -0.3 is 15.2 Å². The van der Waals surface area contributed by atoms with Crippen molar-refractivity contribution in [2.45, 2.75) is 45.7 Å². The van der Waals surface area contributed by atoms with Crippen LogP contribution in [0.5, 0.6) is 0 Å². The smallest absolute Gasteiger partial charge is 0.253 e. The number of carbonyl (C=O) groups is 1. The van der Waals surface area contributed by atoms with Crippen LogP contribution in [0, 0.1) is 13.8 Å². The minimum Gasteiger partial charge on any atom is -0.350 e. The summed E-state index contributed by atoms with van der Waals surface area (Å²) < 4.78 is 2.25. The number of nitrogens with one attached hydrogen (secondary N) is 2. The topological polar surface area (TPSA) is 46.1 Å². The van der Waals surface area contributed by atoms with Crippen LogP contribution in [0.15, 0.2) is 36.4 Å². The summed E-state index contributed by atoms with van der Waals surface area (Å²) in [4.78, 5) is 12.6. The van der Waals surface area contributed by atoms with Gasteiger partial charge in [-0.25, -0.2) is 0 Å². The van der Waals surface area contributed by atoms with Crippen LogP contribution in [0.25, 0.3) is 0 Å². The molecular weight excluding hydrogens is 298 g/mol. The zero-order valence-corrected chi connectivity index (χ0v) is 14.8. The highest BCUT2D eigenvalue weighted by molar-refractivity contribution is 5.95. The average Bonchev–Trinajstić information content (AvgIpc) is 3.21. The van der Waals surface area contributed by atoms with Gasteiger partial charge in [0.05, 0.1) is 11.6 Å². The Morgan fingerprint density at radius 2 is 2.08 bits per heavy atom. The van der Waals surface area contributed by atoms with Gasteiger partial charge in [-0.1, -0.05) is 30.3 Å². The number of nitrogens with zero attached hydrogens (tertiary/aromatic N) is 1. The highest BCUT2D eigenvalue weighted by atomic mass is 16.1. The van der Waals surface area contributed by atoms with Crippen LogP contribution in [-0.2, 0) is 0 Å². The highest BCUT2D eigenvalue weighted by Crippen LogP contribution is 2.25. The van der Waals surface area contributed by atoms with E-state index in [-0.39, 0.29) is 11.9 Å². The van der Waals surface area contributed by atoms with Gasteiger partial charge in [0, 0.05) is 24.0 Å². The highest BCUT2D eigenvalue weighted by Gasteiger charge is 2.21. The van der Waals surface area contributed by atoms with Crippen LogP contribution in [0.1, 0.15) is 53.1 Å². The van der Waals surface area contributed by atoms with Crippen LogP contribution in [-0.4, -0.2) is 29.6 Å². The lowest BCUT2D eigenvalue weighted by atomic mass is 10.1. The molecule has 1 aromatic carbocycles. The molecule has 1 aliphatic rings. The molecule has 0 saturated carbocycles. The normalized spacial score (nSPS) is 18.5. The summed E-state index contributed by atoms with van der Waals surface area (Å²) in [6.07, 6.45) is 2.34. The minimum absolute atomic E-state index is 0.0308. The number of aryl methyl sites for hydroxylation is 1. The Balaban J connectivity index is 1.77. The molecule has 0 spiro atoms. The van der Waals surface area contributed by atoms with Crippen molar-refractivity contribution in [1.29, 1.82) is 0 Å². The van der Waals surface area contributed by atoms with Crippen molar-refractivity contribution >= 4 is 5.91 Å². The Kier molecular flexibility index (Phi) is 5.05. The van der Waals surface area contributed by atoms with E-state index in [2.05, 4.69) is 53.3 Å². The number of amides is 1. The van der Waals surface area contributed by atoms with Crippen LogP contribution >= 0.6 is 0 Å². The fraction of sp³-hybridized carbons (Fsp3) is 0.450. The zero-order valence-electron chi connectivity index (χ0n) is 14.8. The van der Waals surface area contributed by atoms with Gasteiger partial charge in [-0.2, -0.15) is 0 Å². The third-order valence-corrected chi connectivity index (χ3v) is 5.07. The van der Waals surface area contributed by atoms with E-state index in [9.17, 15) is 4.79 Å². The summed E-state index contributed by atoms with van der Waals surface area (Å²) in [5.41, 5.74) is 4.18. The molecular formula is C20H27N3O. The molecule has 4 heteroatoms. The van der Waals surface area contributed by atoms with E-state index in [1.54, 1.807) is 0 Å². The van der Waals surface area contributed by atoms with Gasteiger partial charge >= 0.3 is 0 Å². The lowest BCUT2D eigenvalue weighted by Gasteiger charge is -2.19. The Bertz CT molecular complexity index is 699. The molecule has 24 heavy (non-hydrogen) atoms. The molecule has 1 saturated heterocycles. The number of hydrogen-bond donors (Lipinski definition) is 2. The summed E-state index contributed by atoms with van der Waals surface area (Å²) in [7, 11) is 0. The Morgan fingerprint density at radius 3 is 2.75 bits per heavy atom. The molecule has 2 heterocycles. The van der Waals surface area contributed by atoms with E-state index in [0.717, 1.165) is 29.9 Å². The predicted octanol–water partition coefficient (Wildman–Crippen LogP) is 3.20. The largest absolute Gasteiger partial charge is 0.350 e. The number of hydrogen-bond acceptors (Lipinski definition) is 2. The van der Waals surface area contributed by atoms with E-state index in [4.69, 9.17) is 0 Å². The Hall–Kier alpha value is -2.07. The molecule has 128 valence electrons. The van der Waals surface area contributed by atoms with Crippen LogP contribution in [0.3, 0.4) is 0 Å². The van der Waals surface area contributed by atoms with Crippen LogP contribution in [0.2, 0.25) is 0 Å². The number of aromatic nitrogens is 1. The molecule has 3 rings (SSSR count). The first-order valence-corrected chi connectivity index (χ1v) is 8.83. The Labute approximate surface area is 144 Å².